The predicted molar refractivity (Wildman–Crippen MR) is 80.8 cm³/mol. The van der Waals surface area contributed by atoms with Gasteiger partial charge in [-0.2, -0.15) is 0 Å². The average molecular weight is 249 g/mol. The molecule has 0 radical (unpaired) electrons. The van der Waals surface area contributed by atoms with E-state index < -0.39 is 0 Å². The van der Waals surface area contributed by atoms with Crippen molar-refractivity contribution in [2.45, 2.75) is 19.4 Å². The Morgan fingerprint density at radius 1 is 1.32 bits per heavy atom. The molecule has 1 nitrogen and oxygen atoms in total. The molecule has 1 aliphatic carbocycles. The molecule has 0 unspecified atom stereocenters. The van der Waals surface area contributed by atoms with Crippen LogP contribution in [0.2, 0.25) is 0 Å². The first-order valence-corrected chi connectivity index (χ1v) is 6.73. The molecule has 1 aliphatic heterocycles. The van der Waals surface area contributed by atoms with Gasteiger partial charge in [-0.15, -0.1) is 0 Å². The summed E-state index contributed by atoms with van der Waals surface area (Å²) >= 11 is 0. The quantitative estimate of drug-likeness (QED) is 0.711. The molecule has 1 aromatic carbocycles. The summed E-state index contributed by atoms with van der Waals surface area (Å²) in [7, 11) is 2.16. The van der Waals surface area contributed by atoms with Gasteiger partial charge in [0.1, 0.15) is 0 Å². The van der Waals surface area contributed by atoms with E-state index in [9.17, 15) is 0 Å². The van der Waals surface area contributed by atoms with Crippen molar-refractivity contribution in [1.82, 2.24) is 4.90 Å². The third-order valence-corrected chi connectivity index (χ3v) is 4.04. The molecule has 0 N–H and O–H groups in total. The molecule has 1 heteroatoms. The van der Waals surface area contributed by atoms with Crippen molar-refractivity contribution in [3.63, 3.8) is 0 Å². The minimum absolute atomic E-state index is 0.518. The van der Waals surface area contributed by atoms with E-state index in [4.69, 9.17) is 0 Å². The van der Waals surface area contributed by atoms with Crippen molar-refractivity contribution >= 4 is 0 Å². The Bertz CT molecular complexity index is 616. The van der Waals surface area contributed by atoms with Crippen molar-refractivity contribution in [2.75, 3.05) is 7.05 Å². The minimum Gasteiger partial charge on any atom is -0.373 e. The van der Waals surface area contributed by atoms with E-state index in [1.807, 2.05) is 12.2 Å². The number of nitrogens with zero attached hydrogens (tertiary/aromatic N) is 1. The predicted octanol–water partition coefficient (Wildman–Crippen LogP) is 4.17. The lowest BCUT2D eigenvalue weighted by Crippen LogP contribution is -2.19. The number of allylic oxidation sites excluding steroid dienone is 7. The van der Waals surface area contributed by atoms with Gasteiger partial charge >= 0.3 is 0 Å². The molecule has 0 saturated carbocycles. The monoisotopic (exact) mass is 249 g/mol. The first kappa shape index (κ1) is 12.0. The fourth-order valence-corrected chi connectivity index (χ4v) is 2.80. The van der Waals surface area contributed by atoms with Gasteiger partial charge < -0.3 is 4.90 Å². The van der Waals surface area contributed by atoms with Crippen LogP contribution in [0, 0.1) is 0 Å². The topological polar surface area (TPSA) is 3.24 Å². The molecule has 0 saturated heterocycles. The Hall–Kier alpha value is -2.02. The van der Waals surface area contributed by atoms with Gasteiger partial charge in [0, 0.05) is 25.2 Å². The van der Waals surface area contributed by atoms with E-state index in [1.165, 1.54) is 28.0 Å². The van der Waals surface area contributed by atoms with Gasteiger partial charge in [0.25, 0.3) is 0 Å². The highest BCUT2D eigenvalue weighted by Crippen LogP contribution is 2.48. The van der Waals surface area contributed by atoms with E-state index in [0.29, 0.717) is 5.92 Å². The maximum atomic E-state index is 3.76. The van der Waals surface area contributed by atoms with Crippen LogP contribution < -0.4 is 0 Å². The molecule has 2 aliphatic rings. The fraction of sp³-hybridized carbons (Fsp3) is 0.222. The van der Waals surface area contributed by atoms with Crippen molar-refractivity contribution in [1.29, 1.82) is 0 Å². The van der Waals surface area contributed by atoms with Crippen LogP contribution >= 0.6 is 0 Å². The zero-order valence-electron chi connectivity index (χ0n) is 11.6. The Labute approximate surface area is 115 Å². The fourth-order valence-electron chi connectivity index (χ4n) is 2.80. The van der Waals surface area contributed by atoms with E-state index in [2.05, 4.69) is 61.9 Å². The molecule has 0 amide bonds. The molecule has 19 heavy (non-hydrogen) atoms. The summed E-state index contributed by atoms with van der Waals surface area (Å²) in [5.74, 6) is 0.518. The first-order chi connectivity index (χ1) is 9.22. The second-order valence-corrected chi connectivity index (χ2v) is 5.25. The maximum Gasteiger partial charge on any atom is 0.0426 e. The number of hydrogen-bond donors (Lipinski definition) is 0. The highest BCUT2D eigenvalue weighted by atomic mass is 15.1. The normalized spacial score (nSPS) is 25.3. The van der Waals surface area contributed by atoms with Gasteiger partial charge in [-0.3, -0.25) is 0 Å². The van der Waals surface area contributed by atoms with Crippen LogP contribution in [-0.2, 0) is 6.54 Å². The van der Waals surface area contributed by atoms with Gasteiger partial charge in [-0.25, -0.2) is 0 Å². The van der Waals surface area contributed by atoms with Crippen LogP contribution in [0.25, 0.3) is 0 Å². The standard InChI is InChI=1S/C18H19N/c1-4-5-9-15-13(2)19(3)12-14-8-6-7-10-16(14)18-11-17(15)18/h4-11,18H,1,12H2,2-3H3/b9-5-,15-13-/t18-/m0/s1. The van der Waals surface area contributed by atoms with E-state index in [0.717, 1.165) is 6.54 Å². The van der Waals surface area contributed by atoms with Gasteiger partial charge in [-0.1, -0.05) is 55.1 Å². The highest BCUT2D eigenvalue weighted by Gasteiger charge is 2.33. The number of benzene rings is 1. The van der Waals surface area contributed by atoms with Gasteiger partial charge in [0.2, 0.25) is 0 Å². The van der Waals surface area contributed by atoms with E-state index in [1.54, 1.807) is 0 Å². The molecule has 0 spiro atoms. The molecular formula is C18H19N. The molecule has 3 rings (SSSR count). The van der Waals surface area contributed by atoms with Crippen LogP contribution in [0.5, 0.6) is 0 Å². The molecular weight excluding hydrogens is 230 g/mol. The van der Waals surface area contributed by atoms with Crippen LogP contribution in [0.1, 0.15) is 24.0 Å². The average Bonchev–Trinajstić information content (AvgIpc) is 3.18. The van der Waals surface area contributed by atoms with Crippen LogP contribution in [0.4, 0.5) is 0 Å². The third-order valence-electron chi connectivity index (χ3n) is 4.04. The molecule has 1 heterocycles. The zero-order chi connectivity index (χ0) is 13.4. The van der Waals surface area contributed by atoms with Gasteiger partial charge in [0.05, 0.1) is 0 Å². The number of hydrogen-bond acceptors (Lipinski definition) is 1. The van der Waals surface area contributed by atoms with Gasteiger partial charge in [-0.05, 0) is 29.2 Å². The van der Waals surface area contributed by atoms with Crippen molar-refractivity contribution < 1.29 is 0 Å². The number of fused-ring (bicyclic) bond motifs is 3. The largest absolute Gasteiger partial charge is 0.373 e. The molecule has 1 aromatic rings. The summed E-state index contributed by atoms with van der Waals surface area (Å²) in [6.45, 7) is 6.94. The van der Waals surface area contributed by atoms with Crippen molar-refractivity contribution in [3.8, 4) is 0 Å². The first-order valence-electron chi connectivity index (χ1n) is 6.73. The summed E-state index contributed by atoms with van der Waals surface area (Å²) in [5, 5.41) is 0. The number of rotatable bonds is 2. The second-order valence-electron chi connectivity index (χ2n) is 5.25. The smallest absolute Gasteiger partial charge is 0.0426 e. The molecule has 96 valence electrons. The van der Waals surface area contributed by atoms with E-state index in [-0.39, 0.29) is 0 Å². The highest BCUT2D eigenvalue weighted by molar-refractivity contribution is 5.63. The lowest BCUT2D eigenvalue weighted by atomic mass is 9.95. The summed E-state index contributed by atoms with van der Waals surface area (Å²) in [4.78, 5) is 2.33. The van der Waals surface area contributed by atoms with Gasteiger partial charge in [0.15, 0.2) is 0 Å². The van der Waals surface area contributed by atoms with Crippen LogP contribution in [0.15, 0.2) is 72.0 Å². The lowest BCUT2D eigenvalue weighted by Gasteiger charge is -2.26. The Balaban J connectivity index is 2.05. The summed E-state index contributed by atoms with van der Waals surface area (Å²) in [5.41, 5.74) is 7.03. The maximum absolute atomic E-state index is 3.76. The van der Waals surface area contributed by atoms with Crippen LogP contribution in [-0.4, -0.2) is 11.9 Å². The lowest BCUT2D eigenvalue weighted by molar-refractivity contribution is 0.406. The molecule has 0 bridgehead atoms. The second kappa shape index (κ2) is 4.58. The SMILES string of the molecule is C=C/C=C\C1=C(/C)N(C)Cc2ccccc2[C@@H]2C=C12. The zero-order valence-corrected chi connectivity index (χ0v) is 11.6. The minimum atomic E-state index is 0.518. The molecule has 0 aromatic heterocycles. The van der Waals surface area contributed by atoms with E-state index >= 15 is 0 Å². The Morgan fingerprint density at radius 2 is 2.11 bits per heavy atom. The summed E-state index contributed by atoms with van der Waals surface area (Å²) < 4.78 is 0. The van der Waals surface area contributed by atoms with Crippen LogP contribution in [0.3, 0.4) is 0 Å². The third kappa shape index (κ3) is 2.06. The summed E-state index contributed by atoms with van der Waals surface area (Å²) in [6, 6.07) is 8.77. The Kier molecular flexibility index (Phi) is 2.90. The Morgan fingerprint density at radius 3 is 2.89 bits per heavy atom. The van der Waals surface area contributed by atoms with Crippen molar-refractivity contribution in [2.24, 2.45) is 0 Å². The summed E-state index contributed by atoms with van der Waals surface area (Å²) in [6.07, 6.45) is 8.41. The molecule has 0 fully saturated rings. The molecule has 1 atom stereocenters. The van der Waals surface area contributed by atoms with Crippen molar-refractivity contribution in [3.05, 3.63) is 83.1 Å².